The number of methoxy groups -OCH3 is 2. The van der Waals surface area contributed by atoms with E-state index in [2.05, 4.69) is 0 Å². The highest BCUT2D eigenvalue weighted by Crippen LogP contribution is 2.39. The first kappa shape index (κ1) is 17.9. The number of hydrogen-bond donors (Lipinski definition) is 4. The standard InChI is InChI=1S/C18H22O6/c1-23-17-7-11(3-5-15(17)21)13(9-19)14(10-20)12-4-6-16(22)18(8-12)24-2/h3-8,13-14,19-22H,9-10H2,1-2H3/t13-,14-/m0/s1. The fourth-order valence-corrected chi connectivity index (χ4v) is 2.78. The molecule has 4 N–H and O–H groups in total. The van der Waals surface area contributed by atoms with Gasteiger partial charge in [0.25, 0.3) is 0 Å². The smallest absolute Gasteiger partial charge is 0.160 e. The lowest BCUT2D eigenvalue weighted by Gasteiger charge is -2.25. The lowest BCUT2D eigenvalue weighted by atomic mass is 9.82. The maximum Gasteiger partial charge on any atom is 0.160 e. The summed E-state index contributed by atoms with van der Waals surface area (Å²) in [6, 6.07) is 9.61. The summed E-state index contributed by atoms with van der Waals surface area (Å²) in [5.41, 5.74) is 1.44. The van der Waals surface area contributed by atoms with Crippen molar-refractivity contribution in [3.05, 3.63) is 47.5 Å². The van der Waals surface area contributed by atoms with Crippen LogP contribution in [0.5, 0.6) is 23.0 Å². The topological polar surface area (TPSA) is 99.4 Å². The molecule has 6 nitrogen and oxygen atoms in total. The van der Waals surface area contributed by atoms with Gasteiger partial charge in [-0.3, -0.25) is 0 Å². The molecule has 0 amide bonds. The Bertz CT molecular complexity index is 626. The minimum Gasteiger partial charge on any atom is -0.504 e. The molecule has 2 rings (SSSR count). The van der Waals surface area contributed by atoms with E-state index in [-0.39, 0.29) is 24.7 Å². The molecule has 24 heavy (non-hydrogen) atoms. The maximum absolute atomic E-state index is 9.86. The van der Waals surface area contributed by atoms with Crippen LogP contribution in [0, 0.1) is 0 Å². The van der Waals surface area contributed by atoms with E-state index < -0.39 is 11.8 Å². The second-order valence-corrected chi connectivity index (χ2v) is 5.44. The number of ether oxygens (including phenoxy) is 2. The Kier molecular flexibility index (Phi) is 5.89. The second-order valence-electron chi connectivity index (χ2n) is 5.44. The van der Waals surface area contributed by atoms with Crippen molar-refractivity contribution in [1.82, 2.24) is 0 Å². The molecule has 2 aromatic rings. The van der Waals surface area contributed by atoms with Gasteiger partial charge in [0.1, 0.15) is 0 Å². The molecule has 0 radical (unpaired) electrons. The van der Waals surface area contributed by atoms with Gasteiger partial charge in [-0.2, -0.15) is 0 Å². The molecule has 0 saturated carbocycles. The summed E-state index contributed by atoms with van der Waals surface area (Å²) in [7, 11) is 2.89. The molecule has 0 bridgehead atoms. The minimum atomic E-state index is -0.418. The minimum absolute atomic E-state index is 0.00444. The molecular weight excluding hydrogens is 312 g/mol. The average molecular weight is 334 g/mol. The number of phenolic OH excluding ortho intramolecular Hbond substituents is 2. The SMILES string of the molecule is COc1cc([C@H](CO)[C@@H](CO)c2ccc(O)c(OC)c2)ccc1O. The third-order valence-corrected chi connectivity index (χ3v) is 4.14. The van der Waals surface area contributed by atoms with E-state index in [0.29, 0.717) is 11.5 Å². The molecule has 130 valence electrons. The normalized spacial score (nSPS) is 13.3. The van der Waals surface area contributed by atoms with Crippen molar-refractivity contribution in [3.8, 4) is 23.0 Å². The Hall–Kier alpha value is -2.44. The highest BCUT2D eigenvalue weighted by atomic mass is 16.5. The number of aromatic hydroxyl groups is 2. The van der Waals surface area contributed by atoms with Gasteiger partial charge in [-0.05, 0) is 35.4 Å². The third-order valence-electron chi connectivity index (χ3n) is 4.14. The number of aliphatic hydroxyl groups excluding tert-OH is 2. The molecule has 0 spiro atoms. The Morgan fingerprint density at radius 1 is 0.750 bits per heavy atom. The molecule has 0 aliphatic rings. The predicted octanol–water partition coefficient (Wildman–Crippen LogP) is 1.97. The van der Waals surface area contributed by atoms with Crippen molar-refractivity contribution in [3.63, 3.8) is 0 Å². The number of benzene rings is 2. The fraction of sp³-hybridized carbons (Fsp3) is 0.333. The van der Waals surface area contributed by atoms with Crippen LogP contribution in [0.4, 0.5) is 0 Å². The van der Waals surface area contributed by atoms with Crippen LogP contribution in [-0.2, 0) is 0 Å². The molecule has 0 heterocycles. The summed E-state index contributed by atoms with van der Waals surface area (Å²) >= 11 is 0. The van der Waals surface area contributed by atoms with Crippen molar-refractivity contribution in [2.75, 3.05) is 27.4 Å². The largest absolute Gasteiger partial charge is 0.504 e. The van der Waals surface area contributed by atoms with E-state index in [4.69, 9.17) is 9.47 Å². The summed E-state index contributed by atoms with van der Waals surface area (Å²) in [6.07, 6.45) is 0. The third kappa shape index (κ3) is 3.55. The number of aliphatic hydroxyl groups is 2. The highest BCUT2D eigenvalue weighted by Gasteiger charge is 2.25. The molecule has 0 fully saturated rings. The molecule has 6 heteroatoms. The quantitative estimate of drug-likeness (QED) is 0.618. The van der Waals surface area contributed by atoms with E-state index in [1.807, 2.05) is 0 Å². The molecule has 2 aromatic carbocycles. The summed E-state index contributed by atoms with van der Waals surface area (Å²) in [5, 5.41) is 39.2. The summed E-state index contributed by atoms with van der Waals surface area (Å²) in [5.74, 6) is -0.232. The molecule has 0 aromatic heterocycles. The van der Waals surface area contributed by atoms with Crippen LogP contribution in [0.2, 0.25) is 0 Å². The highest BCUT2D eigenvalue weighted by molar-refractivity contribution is 5.46. The van der Waals surface area contributed by atoms with E-state index in [9.17, 15) is 20.4 Å². The maximum atomic E-state index is 9.86. The zero-order valence-corrected chi connectivity index (χ0v) is 13.6. The van der Waals surface area contributed by atoms with Crippen molar-refractivity contribution < 1.29 is 29.9 Å². The Labute approximate surface area is 140 Å². The van der Waals surface area contributed by atoms with Gasteiger partial charge in [-0.25, -0.2) is 0 Å². The van der Waals surface area contributed by atoms with Gasteiger partial charge in [0.15, 0.2) is 23.0 Å². The van der Waals surface area contributed by atoms with Gasteiger partial charge in [0.2, 0.25) is 0 Å². The number of hydrogen-bond acceptors (Lipinski definition) is 6. The van der Waals surface area contributed by atoms with Crippen LogP contribution in [-0.4, -0.2) is 47.9 Å². The summed E-state index contributed by atoms with van der Waals surface area (Å²) in [4.78, 5) is 0. The lowest BCUT2D eigenvalue weighted by molar-refractivity contribution is 0.196. The average Bonchev–Trinajstić information content (AvgIpc) is 2.61. The first-order valence-electron chi connectivity index (χ1n) is 7.51. The van der Waals surface area contributed by atoms with Gasteiger partial charge in [0, 0.05) is 11.8 Å². The first-order valence-corrected chi connectivity index (χ1v) is 7.51. The van der Waals surface area contributed by atoms with Gasteiger partial charge in [-0.15, -0.1) is 0 Å². The van der Waals surface area contributed by atoms with Crippen molar-refractivity contribution >= 4 is 0 Å². The van der Waals surface area contributed by atoms with Crippen LogP contribution < -0.4 is 9.47 Å². The van der Waals surface area contributed by atoms with Crippen LogP contribution >= 0.6 is 0 Å². The van der Waals surface area contributed by atoms with E-state index in [1.54, 1.807) is 24.3 Å². The van der Waals surface area contributed by atoms with Crippen molar-refractivity contribution in [1.29, 1.82) is 0 Å². The van der Waals surface area contributed by atoms with Crippen LogP contribution in [0.15, 0.2) is 36.4 Å². The molecule has 0 aliphatic carbocycles. The van der Waals surface area contributed by atoms with Crippen molar-refractivity contribution in [2.45, 2.75) is 11.8 Å². The molecule has 0 aliphatic heterocycles. The molecular formula is C18H22O6. The van der Waals surface area contributed by atoms with Crippen LogP contribution in [0.25, 0.3) is 0 Å². The van der Waals surface area contributed by atoms with Crippen LogP contribution in [0.3, 0.4) is 0 Å². The molecule has 2 atom stereocenters. The van der Waals surface area contributed by atoms with Crippen LogP contribution in [0.1, 0.15) is 23.0 Å². The van der Waals surface area contributed by atoms with Gasteiger partial charge in [0.05, 0.1) is 27.4 Å². The summed E-state index contributed by atoms with van der Waals surface area (Å²) in [6.45, 7) is -0.412. The van der Waals surface area contributed by atoms with E-state index >= 15 is 0 Å². The van der Waals surface area contributed by atoms with E-state index in [1.165, 1.54) is 26.4 Å². The Balaban J connectivity index is 2.43. The molecule has 0 saturated heterocycles. The number of rotatable bonds is 7. The summed E-state index contributed by atoms with van der Waals surface area (Å²) < 4.78 is 10.2. The monoisotopic (exact) mass is 334 g/mol. The van der Waals surface area contributed by atoms with Gasteiger partial charge in [-0.1, -0.05) is 12.1 Å². The Morgan fingerprint density at radius 3 is 1.42 bits per heavy atom. The first-order chi connectivity index (χ1) is 11.5. The Morgan fingerprint density at radius 2 is 1.12 bits per heavy atom. The lowest BCUT2D eigenvalue weighted by Crippen LogP contribution is -2.18. The number of phenols is 2. The zero-order valence-electron chi connectivity index (χ0n) is 13.6. The second kappa shape index (κ2) is 7.90. The van der Waals surface area contributed by atoms with Crippen molar-refractivity contribution in [2.24, 2.45) is 0 Å². The van der Waals surface area contributed by atoms with E-state index in [0.717, 1.165) is 11.1 Å². The fourth-order valence-electron chi connectivity index (χ4n) is 2.78. The predicted molar refractivity (Wildman–Crippen MR) is 89.0 cm³/mol. The zero-order chi connectivity index (χ0) is 17.7. The van der Waals surface area contributed by atoms with Gasteiger partial charge < -0.3 is 29.9 Å². The van der Waals surface area contributed by atoms with Gasteiger partial charge >= 0.3 is 0 Å². The molecule has 0 unspecified atom stereocenters.